The number of halogens is 4. The Labute approximate surface area is 188 Å². The predicted octanol–water partition coefficient (Wildman–Crippen LogP) is 5.64. The number of nitrogens with one attached hydrogen (secondary N) is 2. The van der Waals surface area contributed by atoms with Gasteiger partial charge in [0.15, 0.2) is 11.6 Å². The molecular weight excluding hydrogens is 559 g/mol. The summed E-state index contributed by atoms with van der Waals surface area (Å²) < 4.78 is 29.6. The minimum atomic E-state index is -1.17. The van der Waals surface area contributed by atoms with Gasteiger partial charge in [0.25, 0.3) is 5.91 Å². The lowest BCUT2D eigenvalue weighted by atomic mass is 10.1. The van der Waals surface area contributed by atoms with Gasteiger partial charge >= 0.3 is 0 Å². The lowest BCUT2D eigenvalue weighted by Crippen LogP contribution is -2.25. The summed E-state index contributed by atoms with van der Waals surface area (Å²) in [5, 5.41) is 2.83. The van der Waals surface area contributed by atoms with E-state index in [1.165, 1.54) is 6.07 Å². The fourth-order valence-electron chi connectivity index (χ4n) is 2.51. The van der Waals surface area contributed by atoms with Crippen LogP contribution in [-0.2, 0) is 11.4 Å². The van der Waals surface area contributed by atoms with E-state index in [-0.39, 0.29) is 22.3 Å². The van der Waals surface area contributed by atoms with E-state index in [4.69, 9.17) is 4.84 Å². The Balaban J connectivity index is 1.85. The molecule has 0 unspecified atom stereocenters. The highest BCUT2D eigenvalue weighted by Gasteiger charge is 2.22. The first-order valence-corrected chi connectivity index (χ1v) is 10.3. The molecule has 1 heterocycles. The number of rotatable bonds is 6. The number of benzene rings is 2. The number of amides is 1. The van der Waals surface area contributed by atoms with Crippen LogP contribution in [0.2, 0.25) is 0 Å². The van der Waals surface area contributed by atoms with E-state index in [0.717, 1.165) is 9.13 Å². The Hall–Kier alpha value is -2.11. The van der Waals surface area contributed by atoms with Crippen LogP contribution in [0.15, 0.2) is 53.1 Å². The van der Waals surface area contributed by atoms with E-state index < -0.39 is 17.5 Å². The Morgan fingerprint density at radius 3 is 2.69 bits per heavy atom. The molecule has 2 aromatic carbocycles. The first-order valence-electron chi connectivity index (χ1n) is 8.39. The number of aryl methyl sites for hydroxylation is 1. The van der Waals surface area contributed by atoms with Crippen molar-refractivity contribution in [3.05, 3.63) is 85.2 Å². The summed E-state index contributed by atoms with van der Waals surface area (Å²) >= 11 is 5.09. The molecule has 5 nitrogen and oxygen atoms in total. The van der Waals surface area contributed by atoms with Crippen LogP contribution in [-0.4, -0.2) is 10.9 Å². The summed E-state index contributed by atoms with van der Waals surface area (Å²) in [5.74, 6) is -3.00. The topological polar surface area (TPSA) is 63.2 Å². The number of nitrogens with zero attached hydrogens (tertiary/aromatic N) is 1. The summed E-state index contributed by atoms with van der Waals surface area (Å²) in [6.45, 7) is 1.85. The molecule has 0 spiro atoms. The van der Waals surface area contributed by atoms with Crippen molar-refractivity contribution >= 4 is 55.8 Å². The van der Waals surface area contributed by atoms with Crippen LogP contribution in [0, 0.1) is 22.1 Å². The van der Waals surface area contributed by atoms with Gasteiger partial charge in [0, 0.05) is 15.5 Å². The van der Waals surface area contributed by atoms with Crippen LogP contribution < -0.4 is 10.8 Å². The van der Waals surface area contributed by atoms with Crippen LogP contribution in [0.3, 0.4) is 0 Å². The van der Waals surface area contributed by atoms with Gasteiger partial charge in [-0.1, -0.05) is 6.07 Å². The van der Waals surface area contributed by atoms with Crippen LogP contribution >= 0.6 is 38.5 Å². The van der Waals surface area contributed by atoms with E-state index in [0.29, 0.717) is 11.4 Å². The molecule has 150 valence electrons. The summed E-state index contributed by atoms with van der Waals surface area (Å²) in [4.78, 5) is 21.8. The van der Waals surface area contributed by atoms with Gasteiger partial charge in [0.05, 0.1) is 21.4 Å². The molecule has 3 aromatic rings. The van der Waals surface area contributed by atoms with E-state index in [9.17, 15) is 13.6 Å². The number of hydrogen-bond donors (Lipinski definition) is 2. The van der Waals surface area contributed by atoms with Crippen molar-refractivity contribution in [2.45, 2.75) is 13.5 Å². The summed E-state index contributed by atoms with van der Waals surface area (Å²) in [6.07, 6.45) is 1.60. The lowest BCUT2D eigenvalue weighted by Gasteiger charge is -2.16. The van der Waals surface area contributed by atoms with Crippen molar-refractivity contribution in [1.82, 2.24) is 10.5 Å². The fourth-order valence-corrected chi connectivity index (χ4v) is 3.56. The van der Waals surface area contributed by atoms with Crippen molar-refractivity contribution in [3.8, 4) is 0 Å². The van der Waals surface area contributed by atoms with E-state index in [1.807, 2.05) is 19.1 Å². The smallest absolute Gasteiger partial charge is 0.277 e. The SMILES string of the molecule is Cc1cc(I)ccc1Nc1c(C(=O)NOCc2ccccn2)cc(Br)c(F)c1F. The molecule has 0 radical (unpaired) electrons. The third kappa shape index (κ3) is 5.28. The van der Waals surface area contributed by atoms with E-state index in [2.05, 4.69) is 54.3 Å². The number of carbonyl (C=O) groups is 1. The number of hydrogen-bond acceptors (Lipinski definition) is 4. The summed E-state index contributed by atoms with van der Waals surface area (Å²) in [6, 6.07) is 11.9. The minimum absolute atomic E-state index is 0.0242. The Kier molecular flexibility index (Phi) is 7.14. The number of carbonyl (C=O) groups excluding carboxylic acids is 1. The molecule has 0 atom stereocenters. The second-order valence-corrected chi connectivity index (χ2v) is 8.13. The molecule has 0 saturated carbocycles. The van der Waals surface area contributed by atoms with Gasteiger partial charge in [0.2, 0.25) is 0 Å². The maximum absolute atomic E-state index is 14.7. The molecule has 0 aliphatic heterocycles. The van der Waals surface area contributed by atoms with Crippen molar-refractivity contribution in [1.29, 1.82) is 0 Å². The predicted molar refractivity (Wildman–Crippen MR) is 118 cm³/mol. The average Bonchev–Trinajstić information content (AvgIpc) is 2.70. The summed E-state index contributed by atoms with van der Waals surface area (Å²) in [7, 11) is 0. The summed E-state index contributed by atoms with van der Waals surface area (Å²) in [5.41, 5.74) is 3.81. The first-order chi connectivity index (χ1) is 13.9. The largest absolute Gasteiger partial charge is 0.352 e. The van der Waals surface area contributed by atoms with Crippen molar-refractivity contribution in [2.24, 2.45) is 0 Å². The van der Waals surface area contributed by atoms with Crippen LogP contribution in [0.25, 0.3) is 0 Å². The zero-order valence-corrected chi connectivity index (χ0v) is 18.8. The molecule has 2 N–H and O–H groups in total. The monoisotopic (exact) mass is 573 g/mol. The molecule has 1 aromatic heterocycles. The zero-order chi connectivity index (χ0) is 21.0. The quantitative estimate of drug-likeness (QED) is 0.228. The van der Waals surface area contributed by atoms with Crippen molar-refractivity contribution in [2.75, 3.05) is 5.32 Å². The standard InChI is InChI=1S/C20H15BrF2IN3O2/c1-11-8-12(24)5-6-16(11)26-19-14(9-15(21)17(22)18(19)23)20(28)27-29-10-13-4-2-3-7-25-13/h2-9,26H,10H2,1H3,(H,27,28). The van der Waals surface area contributed by atoms with Gasteiger partial charge in [-0.3, -0.25) is 14.6 Å². The molecule has 0 aliphatic rings. The maximum Gasteiger partial charge on any atom is 0.277 e. The van der Waals surface area contributed by atoms with Gasteiger partial charge < -0.3 is 5.32 Å². The normalized spacial score (nSPS) is 10.7. The number of hydroxylamine groups is 1. The molecule has 0 saturated heterocycles. The Morgan fingerprint density at radius 1 is 1.21 bits per heavy atom. The number of anilines is 2. The van der Waals surface area contributed by atoms with Gasteiger partial charge in [0.1, 0.15) is 6.61 Å². The van der Waals surface area contributed by atoms with Crippen LogP contribution in [0.1, 0.15) is 21.6 Å². The maximum atomic E-state index is 14.7. The number of aromatic nitrogens is 1. The molecule has 9 heteroatoms. The van der Waals surface area contributed by atoms with Crippen LogP contribution in [0.4, 0.5) is 20.2 Å². The highest BCUT2D eigenvalue weighted by Crippen LogP contribution is 2.32. The average molecular weight is 574 g/mol. The highest BCUT2D eigenvalue weighted by atomic mass is 127. The molecular formula is C20H15BrF2IN3O2. The second-order valence-electron chi connectivity index (χ2n) is 6.03. The Morgan fingerprint density at radius 2 is 2.00 bits per heavy atom. The fraction of sp³-hybridized carbons (Fsp3) is 0.100. The second kappa shape index (κ2) is 9.59. The lowest BCUT2D eigenvalue weighted by molar-refractivity contribution is 0.0222. The van der Waals surface area contributed by atoms with Gasteiger partial charge in [-0.2, -0.15) is 0 Å². The first kappa shape index (κ1) is 21.6. The highest BCUT2D eigenvalue weighted by molar-refractivity contribution is 14.1. The van der Waals surface area contributed by atoms with E-state index in [1.54, 1.807) is 30.5 Å². The van der Waals surface area contributed by atoms with Gasteiger partial charge in [-0.25, -0.2) is 14.3 Å². The molecule has 0 bridgehead atoms. The minimum Gasteiger partial charge on any atom is -0.352 e. The third-order valence-electron chi connectivity index (χ3n) is 3.97. The molecule has 0 aliphatic carbocycles. The van der Waals surface area contributed by atoms with E-state index >= 15 is 0 Å². The van der Waals surface area contributed by atoms with Crippen LogP contribution in [0.5, 0.6) is 0 Å². The molecule has 29 heavy (non-hydrogen) atoms. The van der Waals surface area contributed by atoms with Crippen molar-refractivity contribution < 1.29 is 18.4 Å². The third-order valence-corrected chi connectivity index (χ3v) is 5.21. The molecule has 3 rings (SSSR count). The number of pyridine rings is 1. The Bertz CT molecular complexity index is 1050. The van der Waals surface area contributed by atoms with Gasteiger partial charge in [-0.05, 0) is 87.4 Å². The molecule has 1 amide bonds. The molecule has 0 fully saturated rings. The van der Waals surface area contributed by atoms with Gasteiger partial charge in [-0.15, -0.1) is 0 Å². The van der Waals surface area contributed by atoms with Crippen molar-refractivity contribution in [3.63, 3.8) is 0 Å². The zero-order valence-electron chi connectivity index (χ0n) is 15.1.